The van der Waals surface area contributed by atoms with Gasteiger partial charge in [-0.1, -0.05) is 54.1 Å². The van der Waals surface area contributed by atoms with E-state index >= 15 is 0 Å². The number of halogens is 2. The molecule has 138 valence electrons. The molecule has 2 aromatic rings. The number of aliphatic hydroxyl groups is 1. The van der Waals surface area contributed by atoms with Gasteiger partial charge in [0.2, 0.25) is 0 Å². The number of nitrogens with zero attached hydrogens (tertiary/aromatic N) is 1. The molecule has 0 bridgehead atoms. The lowest BCUT2D eigenvalue weighted by Gasteiger charge is -2.34. The maximum atomic E-state index is 14.4. The van der Waals surface area contributed by atoms with E-state index in [1.54, 1.807) is 12.1 Å². The zero-order chi connectivity index (χ0) is 18.7. The van der Waals surface area contributed by atoms with Crippen LogP contribution in [0.25, 0.3) is 6.08 Å². The Morgan fingerprint density at radius 1 is 1.19 bits per heavy atom. The van der Waals surface area contributed by atoms with Crippen LogP contribution in [0.2, 0.25) is 5.02 Å². The summed E-state index contributed by atoms with van der Waals surface area (Å²) in [5.74, 6) is -0.330. The second kappa shape index (κ2) is 7.91. The molecule has 0 aromatic heterocycles. The molecule has 2 atom stereocenters. The molecule has 2 unspecified atom stereocenters. The Balaban J connectivity index is 2.01. The third-order valence-corrected chi connectivity index (χ3v) is 5.58. The molecule has 0 radical (unpaired) electrons. The van der Waals surface area contributed by atoms with E-state index in [0.717, 1.165) is 30.5 Å². The summed E-state index contributed by atoms with van der Waals surface area (Å²) in [6.07, 6.45) is 3.91. The van der Waals surface area contributed by atoms with Gasteiger partial charge in [-0.25, -0.2) is 4.39 Å². The maximum absolute atomic E-state index is 14.4. The summed E-state index contributed by atoms with van der Waals surface area (Å²) in [5.41, 5.74) is 1.29. The van der Waals surface area contributed by atoms with E-state index in [4.69, 9.17) is 11.6 Å². The van der Waals surface area contributed by atoms with Gasteiger partial charge < -0.3 is 10.0 Å². The normalized spacial score (nSPS) is 24.5. The Bertz CT molecular complexity index is 770. The summed E-state index contributed by atoms with van der Waals surface area (Å²) in [6, 6.07) is 14.6. The molecular weight excluding hydrogens is 349 g/mol. The van der Waals surface area contributed by atoms with E-state index in [9.17, 15) is 9.50 Å². The lowest BCUT2D eigenvalue weighted by Crippen LogP contribution is -2.42. The highest BCUT2D eigenvalue weighted by Crippen LogP contribution is 2.44. The fraction of sp³-hybridized carbons (Fsp3) is 0.364. The van der Waals surface area contributed by atoms with Crippen molar-refractivity contribution < 1.29 is 9.50 Å². The van der Waals surface area contributed by atoms with Crippen LogP contribution in [0.4, 0.5) is 4.39 Å². The minimum Gasteiger partial charge on any atom is -0.385 e. The zero-order valence-corrected chi connectivity index (χ0v) is 16.0. The highest BCUT2D eigenvalue weighted by atomic mass is 35.5. The second-order valence-electron chi connectivity index (χ2n) is 7.38. The van der Waals surface area contributed by atoms with Crippen molar-refractivity contribution in [3.63, 3.8) is 0 Å². The van der Waals surface area contributed by atoms with Crippen LogP contribution in [0.1, 0.15) is 24.0 Å². The average Bonchev–Trinajstić information content (AvgIpc) is 2.88. The fourth-order valence-corrected chi connectivity index (χ4v) is 4.14. The predicted octanol–water partition coefficient (Wildman–Crippen LogP) is 4.81. The van der Waals surface area contributed by atoms with Crippen LogP contribution in [0.15, 0.2) is 54.1 Å². The van der Waals surface area contributed by atoms with Gasteiger partial charge >= 0.3 is 0 Å². The molecule has 26 heavy (non-hydrogen) atoms. The van der Waals surface area contributed by atoms with Crippen LogP contribution in [-0.4, -0.2) is 36.2 Å². The molecule has 2 nitrogen and oxygen atoms in total. The largest absolute Gasteiger partial charge is 0.385 e. The van der Waals surface area contributed by atoms with Crippen molar-refractivity contribution in [3.8, 4) is 0 Å². The van der Waals surface area contributed by atoms with Crippen LogP contribution in [-0.2, 0) is 6.42 Å². The Labute approximate surface area is 159 Å². The molecule has 0 spiro atoms. The standard InChI is InChI=1S/C22H25ClFNO/c1-25(2)15-18-12-11-17(13-16-7-4-3-5-8-16)22(18,26)14-19-20(23)9-6-10-21(19)24/h3-10,13,18,26H,11-12,14-15H2,1-2H3/b17-13-. The minimum absolute atomic E-state index is 0.0307. The number of benzene rings is 2. The number of hydrogen-bond acceptors (Lipinski definition) is 2. The predicted molar refractivity (Wildman–Crippen MR) is 106 cm³/mol. The van der Waals surface area contributed by atoms with Crippen molar-refractivity contribution in [1.29, 1.82) is 0 Å². The van der Waals surface area contributed by atoms with Gasteiger partial charge in [0.25, 0.3) is 0 Å². The smallest absolute Gasteiger partial charge is 0.128 e. The SMILES string of the molecule is CN(C)CC1CC/C(=C/c2ccccc2)C1(O)Cc1c(F)cccc1Cl. The molecule has 4 heteroatoms. The van der Waals surface area contributed by atoms with Crippen LogP contribution in [0.5, 0.6) is 0 Å². The van der Waals surface area contributed by atoms with Gasteiger partial charge in [0.15, 0.2) is 0 Å². The maximum Gasteiger partial charge on any atom is 0.128 e. The van der Waals surface area contributed by atoms with E-state index < -0.39 is 5.60 Å². The van der Waals surface area contributed by atoms with Crippen molar-refractivity contribution in [1.82, 2.24) is 4.90 Å². The molecule has 0 saturated heterocycles. The van der Waals surface area contributed by atoms with Gasteiger partial charge in [-0.05, 0) is 50.2 Å². The Hall–Kier alpha value is -1.68. The molecule has 1 aliphatic carbocycles. The molecule has 0 aliphatic heterocycles. The van der Waals surface area contributed by atoms with Crippen LogP contribution in [0.3, 0.4) is 0 Å². The van der Waals surface area contributed by atoms with Gasteiger partial charge in [0.05, 0.1) is 5.60 Å². The minimum atomic E-state index is -1.11. The van der Waals surface area contributed by atoms with Gasteiger partial charge in [-0.2, -0.15) is 0 Å². The van der Waals surface area contributed by atoms with Crippen molar-refractivity contribution >= 4 is 17.7 Å². The zero-order valence-electron chi connectivity index (χ0n) is 15.3. The van der Waals surface area contributed by atoms with Crippen molar-refractivity contribution in [2.45, 2.75) is 24.9 Å². The molecule has 2 aromatic carbocycles. The molecule has 1 fully saturated rings. The van der Waals surface area contributed by atoms with E-state index in [1.807, 2.05) is 50.5 Å². The summed E-state index contributed by atoms with van der Waals surface area (Å²) in [6.45, 7) is 0.745. The van der Waals surface area contributed by atoms with Crippen molar-refractivity contribution in [3.05, 3.63) is 76.1 Å². The average molecular weight is 374 g/mol. The molecule has 0 amide bonds. The van der Waals surface area contributed by atoms with Gasteiger partial charge in [-0.3, -0.25) is 0 Å². The summed E-state index contributed by atoms with van der Waals surface area (Å²) >= 11 is 6.25. The first-order valence-electron chi connectivity index (χ1n) is 8.96. The summed E-state index contributed by atoms with van der Waals surface area (Å²) in [5, 5.41) is 12.1. The van der Waals surface area contributed by atoms with Crippen molar-refractivity contribution in [2.75, 3.05) is 20.6 Å². The van der Waals surface area contributed by atoms with Crippen molar-refractivity contribution in [2.24, 2.45) is 5.92 Å². The number of hydrogen-bond donors (Lipinski definition) is 1. The Morgan fingerprint density at radius 3 is 2.58 bits per heavy atom. The molecule has 0 heterocycles. The summed E-state index contributed by atoms with van der Waals surface area (Å²) < 4.78 is 14.4. The van der Waals surface area contributed by atoms with E-state index in [-0.39, 0.29) is 18.2 Å². The third kappa shape index (κ3) is 4.01. The first-order chi connectivity index (χ1) is 12.4. The Morgan fingerprint density at radius 2 is 1.92 bits per heavy atom. The Kier molecular flexibility index (Phi) is 5.81. The first kappa shape index (κ1) is 19.1. The second-order valence-corrected chi connectivity index (χ2v) is 7.79. The lowest BCUT2D eigenvalue weighted by molar-refractivity contribution is 0.0250. The lowest BCUT2D eigenvalue weighted by atomic mass is 9.81. The van der Waals surface area contributed by atoms with Crippen LogP contribution >= 0.6 is 11.6 Å². The van der Waals surface area contributed by atoms with Crippen LogP contribution in [0, 0.1) is 11.7 Å². The van der Waals surface area contributed by atoms with E-state index in [0.29, 0.717) is 10.6 Å². The van der Waals surface area contributed by atoms with E-state index in [2.05, 4.69) is 4.90 Å². The highest BCUT2D eigenvalue weighted by molar-refractivity contribution is 6.31. The van der Waals surface area contributed by atoms with Gasteiger partial charge in [0.1, 0.15) is 5.82 Å². The number of rotatable bonds is 5. The summed E-state index contributed by atoms with van der Waals surface area (Å²) in [7, 11) is 3.99. The molecule has 1 aliphatic rings. The quantitative estimate of drug-likeness (QED) is 0.813. The molecular formula is C22H25ClFNO. The van der Waals surface area contributed by atoms with Gasteiger partial charge in [0, 0.05) is 29.5 Å². The fourth-order valence-electron chi connectivity index (χ4n) is 3.91. The summed E-state index contributed by atoms with van der Waals surface area (Å²) in [4.78, 5) is 2.07. The first-order valence-corrected chi connectivity index (χ1v) is 9.34. The third-order valence-electron chi connectivity index (χ3n) is 5.23. The highest BCUT2D eigenvalue weighted by Gasteiger charge is 2.45. The van der Waals surface area contributed by atoms with Gasteiger partial charge in [-0.15, -0.1) is 0 Å². The van der Waals surface area contributed by atoms with Crippen LogP contribution < -0.4 is 0 Å². The monoisotopic (exact) mass is 373 g/mol. The topological polar surface area (TPSA) is 23.5 Å². The molecule has 3 rings (SSSR count). The molecule has 1 saturated carbocycles. The molecule has 1 N–H and O–H groups in total. The van der Waals surface area contributed by atoms with E-state index in [1.165, 1.54) is 6.07 Å².